The van der Waals surface area contributed by atoms with E-state index in [0.717, 1.165) is 24.2 Å². The SMILES string of the molecule is CCNC(=NCC(C)c1ccsc1)NCCS(=O)(=O)N1CCc2ccccc21.I. The van der Waals surface area contributed by atoms with Crippen molar-refractivity contribution in [3.63, 3.8) is 0 Å². The van der Waals surface area contributed by atoms with E-state index in [1.165, 1.54) is 9.87 Å². The fourth-order valence-corrected chi connectivity index (χ4v) is 5.45. The molecule has 1 aromatic heterocycles. The van der Waals surface area contributed by atoms with Crippen LogP contribution in [0.4, 0.5) is 5.69 Å². The Morgan fingerprint density at radius 1 is 1.28 bits per heavy atom. The zero-order valence-corrected chi connectivity index (χ0v) is 20.8. The Morgan fingerprint density at radius 3 is 2.79 bits per heavy atom. The lowest BCUT2D eigenvalue weighted by Crippen LogP contribution is -2.42. The molecule has 1 aliphatic heterocycles. The number of nitrogens with zero attached hydrogens (tertiary/aromatic N) is 2. The molecule has 1 aliphatic rings. The van der Waals surface area contributed by atoms with Crippen LogP contribution < -0.4 is 14.9 Å². The van der Waals surface area contributed by atoms with E-state index in [4.69, 9.17) is 0 Å². The molecule has 2 N–H and O–H groups in total. The third kappa shape index (κ3) is 6.32. The Balaban J connectivity index is 0.00000300. The minimum absolute atomic E-state index is 0. The van der Waals surface area contributed by atoms with Crippen LogP contribution in [-0.2, 0) is 16.4 Å². The van der Waals surface area contributed by atoms with Crippen molar-refractivity contribution in [2.24, 2.45) is 4.99 Å². The highest BCUT2D eigenvalue weighted by Gasteiger charge is 2.28. The van der Waals surface area contributed by atoms with Crippen molar-refractivity contribution >= 4 is 57.0 Å². The van der Waals surface area contributed by atoms with Gasteiger partial charge in [-0.05, 0) is 47.4 Å². The number of nitrogens with one attached hydrogen (secondary N) is 2. The van der Waals surface area contributed by atoms with E-state index < -0.39 is 10.0 Å². The fourth-order valence-electron chi connectivity index (χ4n) is 3.24. The quantitative estimate of drug-likeness (QED) is 0.301. The van der Waals surface area contributed by atoms with Gasteiger partial charge in [-0.3, -0.25) is 9.30 Å². The molecule has 0 amide bonds. The summed E-state index contributed by atoms with van der Waals surface area (Å²) in [5.74, 6) is 1.01. The molecule has 160 valence electrons. The number of halogens is 1. The number of thiophene rings is 1. The fraction of sp³-hybridized carbons (Fsp3) is 0.450. The normalized spacial score (nSPS) is 14.8. The van der Waals surface area contributed by atoms with E-state index in [9.17, 15) is 8.42 Å². The maximum atomic E-state index is 12.8. The highest BCUT2D eigenvalue weighted by atomic mass is 127. The van der Waals surface area contributed by atoms with Crippen LogP contribution in [-0.4, -0.2) is 46.3 Å². The Bertz CT molecular complexity index is 901. The Kier molecular flexibility index (Phi) is 9.22. The van der Waals surface area contributed by atoms with Crippen LogP contribution in [0.1, 0.15) is 30.9 Å². The predicted octanol–water partition coefficient (Wildman–Crippen LogP) is 3.42. The molecule has 2 aromatic rings. The molecule has 2 heterocycles. The van der Waals surface area contributed by atoms with E-state index in [1.807, 2.05) is 31.2 Å². The smallest absolute Gasteiger partial charge is 0.236 e. The molecule has 0 spiro atoms. The summed E-state index contributed by atoms with van der Waals surface area (Å²) in [6.45, 7) is 6.36. The second-order valence-corrected chi connectivity index (χ2v) is 9.66. The third-order valence-corrected chi connectivity index (χ3v) is 7.28. The second-order valence-electron chi connectivity index (χ2n) is 6.87. The molecule has 0 saturated carbocycles. The van der Waals surface area contributed by atoms with Crippen LogP contribution in [0, 0.1) is 0 Å². The number of hydrogen-bond donors (Lipinski definition) is 2. The van der Waals surface area contributed by atoms with Gasteiger partial charge in [-0.25, -0.2) is 8.42 Å². The maximum absolute atomic E-state index is 12.8. The van der Waals surface area contributed by atoms with E-state index in [0.29, 0.717) is 31.5 Å². The topological polar surface area (TPSA) is 73.8 Å². The molecule has 0 bridgehead atoms. The van der Waals surface area contributed by atoms with E-state index >= 15 is 0 Å². The van der Waals surface area contributed by atoms with Gasteiger partial charge in [-0.2, -0.15) is 11.3 Å². The number of hydrogen-bond acceptors (Lipinski definition) is 4. The van der Waals surface area contributed by atoms with Gasteiger partial charge >= 0.3 is 0 Å². The molecule has 0 fully saturated rings. The molecule has 0 radical (unpaired) electrons. The van der Waals surface area contributed by atoms with Crippen LogP contribution in [0.3, 0.4) is 0 Å². The van der Waals surface area contributed by atoms with Crippen molar-refractivity contribution in [2.45, 2.75) is 26.2 Å². The van der Waals surface area contributed by atoms with Gasteiger partial charge in [0, 0.05) is 32.1 Å². The Morgan fingerprint density at radius 2 is 2.07 bits per heavy atom. The van der Waals surface area contributed by atoms with Gasteiger partial charge in [0.05, 0.1) is 11.4 Å². The second kappa shape index (κ2) is 11.2. The van der Waals surface area contributed by atoms with Crippen LogP contribution in [0.25, 0.3) is 0 Å². The van der Waals surface area contributed by atoms with Gasteiger partial charge in [0.15, 0.2) is 5.96 Å². The summed E-state index contributed by atoms with van der Waals surface area (Å²) in [5.41, 5.74) is 3.18. The molecule has 6 nitrogen and oxygen atoms in total. The summed E-state index contributed by atoms with van der Waals surface area (Å²) in [6, 6.07) is 9.83. The Hall–Kier alpha value is -1.33. The van der Waals surface area contributed by atoms with Gasteiger partial charge in [0.25, 0.3) is 0 Å². The predicted molar refractivity (Wildman–Crippen MR) is 133 cm³/mol. The number of fused-ring (bicyclic) bond motifs is 1. The molecule has 3 rings (SSSR count). The first kappa shape index (κ1) is 23.9. The number of guanidine groups is 1. The number of sulfonamides is 1. The first-order chi connectivity index (χ1) is 13.5. The van der Waals surface area contributed by atoms with Crippen molar-refractivity contribution in [3.05, 3.63) is 52.2 Å². The molecule has 1 unspecified atom stereocenters. The zero-order chi connectivity index (χ0) is 20.0. The first-order valence-electron chi connectivity index (χ1n) is 9.64. The summed E-state index contributed by atoms with van der Waals surface area (Å²) in [4.78, 5) is 4.61. The number of aliphatic imine (C=N–C) groups is 1. The maximum Gasteiger partial charge on any atom is 0.236 e. The summed E-state index contributed by atoms with van der Waals surface area (Å²) >= 11 is 1.69. The van der Waals surface area contributed by atoms with Gasteiger partial charge in [0.1, 0.15) is 0 Å². The van der Waals surface area contributed by atoms with Crippen LogP contribution in [0.2, 0.25) is 0 Å². The highest BCUT2D eigenvalue weighted by Crippen LogP contribution is 2.29. The molecule has 1 aromatic carbocycles. The molecule has 0 saturated heterocycles. The largest absolute Gasteiger partial charge is 0.357 e. The molecular weight excluding hydrogens is 519 g/mol. The number of para-hydroxylation sites is 1. The van der Waals surface area contributed by atoms with E-state index in [2.05, 4.69) is 39.4 Å². The average molecular weight is 549 g/mol. The number of rotatable bonds is 8. The van der Waals surface area contributed by atoms with Crippen molar-refractivity contribution in [1.29, 1.82) is 0 Å². The summed E-state index contributed by atoms with van der Waals surface area (Å²) < 4.78 is 27.1. The van der Waals surface area contributed by atoms with Crippen molar-refractivity contribution in [2.75, 3.05) is 36.2 Å². The number of anilines is 1. The standard InChI is InChI=1S/C20H28N4O2S2.HI/c1-3-21-20(23-14-16(2)18-9-12-27-15-18)22-10-13-28(25,26)24-11-8-17-6-4-5-7-19(17)24;/h4-7,9,12,15-16H,3,8,10-11,13-14H2,1-2H3,(H2,21,22,23);1H. The monoisotopic (exact) mass is 548 g/mol. The minimum Gasteiger partial charge on any atom is -0.357 e. The van der Waals surface area contributed by atoms with Gasteiger partial charge in [0.2, 0.25) is 10.0 Å². The van der Waals surface area contributed by atoms with Gasteiger partial charge in [-0.1, -0.05) is 25.1 Å². The zero-order valence-electron chi connectivity index (χ0n) is 16.8. The van der Waals surface area contributed by atoms with E-state index in [-0.39, 0.29) is 29.7 Å². The first-order valence-corrected chi connectivity index (χ1v) is 12.2. The lowest BCUT2D eigenvalue weighted by atomic mass is 10.1. The lowest BCUT2D eigenvalue weighted by Gasteiger charge is -2.20. The minimum atomic E-state index is -3.36. The lowest BCUT2D eigenvalue weighted by molar-refractivity contribution is 0.590. The van der Waals surface area contributed by atoms with Crippen LogP contribution >= 0.6 is 35.3 Å². The summed E-state index contributed by atoms with van der Waals surface area (Å²) in [7, 11) is -3.36. The van der Waals surface area contributed by atoms with Crippen molar-refractivity contribution < 1.29 is 8.42 Å². The molecule has 9 heteroatoms. The average Bonchev–Trinajstić information content (AvgIpc) is 3.35. The summed E-state index contributed by atoms with van der Waals surface area (Å²) in [5, 5.41) is 10.6. The van der Waals surface area contributed by atoms with Crippen LogP contribution in [0.5, 0.6) is 0 Å². The van der Waals surface area contributed by atoms with E-state index in [1.54, 1.807) is 11.3 Å². The molecule has 29 heavy (non-hydrogen) atoms. The van der Waals surface area contributed by atoms with Crippen LogP contribution in [0.15, 0.2) is 46.1 Å². The molecule has 0 aliphatic carbocycles. The highest BCUT2D eigenvalue weighted by molar-refractivity contribution is 14.0. The summed E-state index contributed by atoms with van der Waals surface area (Å²) in [6.07, 6.45) is 0.771. The van der Waals surface area contributed by atoms with Crippen molar-refractivity contribution in [3.8, 4) is 0 Å². The van der Waals surface area contributed by atoms with Gasteiger partial charge < -0.3 is 10.6 Å². The van der Waals surface area contributed by atoms with Gasteiger partial charge in [-0.15, -0.1) is 24.0 Å². The molecular formula is C20H29IN4O2S2. The van der Waals surface area contributed by atoms with Crippen molar-refractivity contribution in [1.82, 2.24) is 10.6 Å². The Labute approximate surface area is 194 Å². The molecule has 1 atom stereocenters. The number of benzene rings is 1. The third-order valence-electron chi connectivity index (χ3n) is 4.81.